The standard InChI is InChI=1S/C26H25FN2O4/c1-2-5-19-12-18-10-16(15-32-23-7-4-3-6-17(23)13-24(30)31)11-21(26(18)33-19)20-8-9-29-22(14-28)25(20)27/h3-4,6-12H,2,5,13-15,28H2,1H3,(H,30,31). The van der Waals surface area contributed by atoms with Gasteiger partial charge in [-0.25, -0.2) is 4.39 Å². The molecule has 0 aliphatic carbocycles. The SMILES string of the molecule is CCCc1cc2cc(COc3ccccc3CC(=O)O)cc(-c3ccnc(CN)c3F)c2o1. The Morgan fingerprint density at radius 2 is 2.00 bits per heavy atom. The average molecular weight is 448 g/mol. The van der Waals surface area contributed by atoms with Gasteiger partial charge in [0.25, 0.3) is 0 Å². The molecule has 6 nitrogen and oxygen atoms in total. The van der Waals surface area contributed by atoms with Crippen molar-refractivity contribution in [2.45, 2.75) is 39.3 Å². The Bertz CT molecular complexity index is 1300. The number of rotatable bonds is 9. The summed E-state index contributed by atoms with van der Waals surface area (Å²) in [6, 6.07) is 14.4. The fraction of sp³-hybridized carbons (Fsp3) is 0.231. The van der Waals surface area contributed by atoms with E-state index in [0.29, 0.717) is 28.0 Å². The van der Waals surface area contributed by atoms with Crippen molar-refractivity contribution in [1.29, 1.82) is 0 Å². The van der Waals surface area contributed by atoms with Gasteiger partial charge in [-0.1, -0.05) is 25.1 Å². The van der Waals surface area contributed by atoms with Crippen molar-refractivity contribution >= 4 is 16.9 Å². The largest absolute Gasteiger partial charge is 0.489 e. The zero-order valence-electron chi connectivity index (χ0n) is 18.3. The number of carboxylic acids is 1. The van der Waals surface area contributed by atoms with Crippen LogP contribution in [-0.4, -0.2) is 16.1 Å². The summed E-state index contributed by atoms with van der Waals surface area (Å²) in [5.74, 6) is -0.0758. The van der Waals surface area contributed by atoms with Crippen LogP contribution in [0.25, 0.3) is 22.1 Å². The second kappa shape index (κ2) is 9.83. The third kappa shape index (κ3) is 4.88. The maximum atomic E-state index is 15.1. The number of para-hydroxylation sites is 1. The third-order valence-corrected chi connectivity index (χ3v) is 5.38. The second-order valence-corrected chi connectivity index (χ2v) is 7.81. The van der Waals surface area contributed by atoms with E-state index in [1.807, 2.05) is 18.2 Å². The maximum absolute atomic E-state index is 15.1. The highest BCUT2D eigenvalue weighted by molar-refractivity contribution is 5.93. The number of nitrogens with two attached hydrogens (primary N) is 1. The topological polar surface area (TPSA) is 98.6 Å². The molecule has 0 fully saturated rings. The maximum Gasteiger partial charge on any atom is 0.307 e. The molecule has 7 heteroatoms. The summed E-state index contributed by atoms with van der Waals surface area (Å²) in [6.07, 6.45) is 3.10. The van der Waals surface area contributed by atoms with Crippen LogP contribution < -0.4 is 10.5 Å². The van der Waals surface area contributed by atoms with Crippen LogP contribution in [0.2, 0.25) is 0 Å². The van der Waals surface area contributed by atoms with Crippen LogP contribution in [0.1, 0.15) is 35.9 Å². The van der Waals surface area contributed by atoms with Crippen molar-refractivity contribution in [3.05, 3.63) is 83.1 Å². The second-order valence-electron chi connectivity index (χ2n) is 7.81. The molecule has 0 bridgehead atoms. The van der Waals surface area contributed by atoms with Gasteiger partial charge in [-0.2, -0.15) is 0 Å². The summed E-state index contributed by atoms with van der Waals surface area (Å²) >= 11 is 0. The Labute approximate surface area is 190 Å². The van der Waals surface area contributed by atoms with Gasteiger partial charge < -0.3 is 20.0 Å². The van der Waals surface area contributed by atoms with Crippen molar-refractivity contribution in [1.82, 2.24) is 4.98 Å². The Kier molecular flexibility index (Phi) is 6.70. The first kappa shape index (κ1) is 22.5. The summed E-state index contributed by atoms with van der Waals surface area (Å²) in [6.45, 7) is 2.24. The monoisotopic (exact) mass is 448 g/mol. The lowest BCUT2D eigenvalue weighted by Crippen LogP contribution is -2.05. The lowest BCUT2D eigenvalue weighted by atomic mass is 10.00. The zero-order valence-corrected chi connectivity index (χ0v) is 18.3. The predicted molar refractivity (Wildman–Crippen MR) is 123 cm³/mol. The van der Waals surface area contributed by atoms with E-state index in [1.54, 1.807) is 30.3 Å². The molecular formula is C26H25FN2O4. The Hall–Kier alpha value is -3.71. The number of aliphatic carboxylic acids is 1. The number of halogens is 1. The van der Waals surface area contributed by atoms with Gasteiger partial charge in [-0.15, -0.1) is 0 Å². The molecule has 3 N–H and O–H groups in total. The van der Waals surface area contributed by atoms with Crippen molar-refractivity contribution in [3.8, 4) is 16.9 Å². The molecule has 0 aliphatic rings. The molecule has 4 rings (SSSR count). The molecule has 170 valence electrons. The number of aryl methyl sites for hydroxylation is 1. The number of pyridine rings is 1. The van der Waals surface area contributed by atoms with Gasteiger partial charge in [0.2, 0.25) is 0 Å². The summed E-state index contributed by atoms with van der Waals surface area (Å²) in [4.78, 5) is 15.2. The molecule has 0 saturated carbocycles. The van der Waals surface area contributed by atoms with Gasteiger partial charge in [-0.3, -0.25) is 9.78 Å². The van der Waals surface area contributed by atoms with Gasteiger partial charge in [0.05, 0.1) is 12.1 Å². The van der Waals surface area contributed by atoms with Crippen LogP contribution in [0.4, 0.5) is 4.39 Å². The smallest absolute Gasteiger partial charge is 0.307 e. The minimum absolute atomic E-state index is 0.00871. The van der Waals surface area contributed by atoms with Gasteiger partial charge in [0.1, 0.15) is 23.7 Å². The molecule has 0 aliphatic heterocycles. The van der Waals surface area contributed by atoms with Gasteiger partial charge in [0.15, 0.2) is 5.82 Å². The molecule has 0 radical (unpaired) electrons. The number of hydrogen-bond acceptors (Lipinski definition) is 5. The fourth-order valence-corrected chi connectivity index (χ4v) is 3.87. The predicted octanol–water partition coefficient (Wildman–Crippen LogP) is 5.25. The lowest BCUT2D eigenvalue weighted by Gasteiger charge is -2.13. The first-order valence-electron chi connectivity index (χ1n) is 10.8. The number of ether oxygens (including phenoxy) is 1. The Morgan fingerprint density at radius 1 is 1.18 bits per heavy atom. The number of furan rings is 1. The molecule has 0 saturated heterocycles. The highest BCUT2D eigenvalue weighted by atomic mass is 19.1. The highest BCUT2D eigenvalue weighted by Crippen LogP contribution is 2.35. The number of benzene rings is 2. The van der Waals surface area contributed by atoms with E-state index in [-0.39, 0.29) is 25.3 Å². The molecule has 2 aromatic carbocycles. The molecule has 2 aromatic heterocycles. The van der Waals surface area contributed by atoms with E-state index in [0.717, 1.165) is 29.6 Å². The minimum Gasteiger partial charge on any atom is -0.489 e. The number of carbonyl (C=O) groups is 1. The summed E-state index contributed by atoms with van der Waals surface area (Å²) in [5.41, 5.74) is 8.79. The minimum atomic E-state index is -0.930. The molecule has 0 unspecified atom stereocenters. The molecule has 33 heavy (non-hydrogen) atoms. The number of aromatic nitrogens is 1. The van der Waals surface area contributed by atoms with Crippen molar-refractivity contribution in [3.63, 3.8) is 0 Å². The Morgan fingerprint density at radius 3 is 2.76 bits per heavy atom. The third-order valence-electron chi connectivity index (χ3n) is 5.38. The van der Waals surface area contributed by atoms with Crippen molar-refractivity contribution in [2.24, 2.45) is 5.73 Å². The van der Waals surface area contributed by atoms with Gasteiger partial charge >= 0.3 is 5.97 Å². The van der Waals surface area contributed by atoms with E-state index < -0.39 is 11.8 Å². The first-order chi connectivity index (χ1) is 16.0. The molecule has 0 amide bonds. The van der Waals surface area contributed by atoms with Crippen molar-refractivity contribution < 1.29 is 23.4 Å². The molecule has 0 spiro atoms. The quantitative estimate of drug-likeness (QED) is 0.363. The number of carboxylic acid groups (broad SMARTS) is 1. The van der Waals surface area contributed by atoms with Gasteiger partial charge in [0, 0.05) is 41.2 Å². The van der Waals surface area contributed by atoms with E-state index in [1.165, 1.54) is 6.20 Å². The molecular weight excluding hydrogens is 423 g/mol. The molecule has 4 aromatic rings. The first-order valence-corrected chi connectivity index (χ1v) is 10.8. The van der Waals surface area contributed by atoms with Crippen LogP contribution >= 0.6 is 0 Å². The number of nitrogens with zero attached hydrogens (tertiary/aromatic N) is 1. The average Bonchev–Trinajstić information content (AvgIpc) is 3.20. The van der Waals surface area contributed by atoms with E-state index in [4.69, 9.17) is 20.0 Å². The zero-order chi connectivity index (χ0) is 23.4. The van der Waals surface area contributed by atoms with Crippen LogP contribution in [0.5, 0.6) is 5.75 Å². The van der Waals surface area contributed by atoms with E-state index in [2.05, 4.69) is 11.9 Å². The van der Waals surface area contributed by atoms with Crippen LogP contribution in [0.3, 0.4) is 0 Å². The summed E-state index contributed by atoms with van der Waals surface area (Å²) < 4.78 is 27.2. The fourth-order valence-electron chi connectivity index (χ4n) is 3.87. The van der Waals surface area contributed by atoms with E-state index in [9.17, 15) is 4.79 Å². The number of fused-ring (bicyclic) bond motifs is 1. The summed E-state index contributed by atoms with van der Waals surface area (Å²) in [7, 11) is 0. The van der Waals surface area contributed by atoms with Crippen molar-refractivity contribution in [2.75, 3.05) is 0 Å². The van der Waals surface area contributed by atoms with Gasteiger partial charge in [-0.05, 0) is 42.3 Å². The van der Waals surface area contributed by atoms with Crippen LogP contribution in [0.15, 0.2) is 59.1 Å². The van der Waals surface area contributed by atoms with Crippen LogP contribution in [-0.2, 0) is 30.8 Å². The molecule has 2 heterocycles. The highest BCUT2D eigenvalue weighted by Gasteiger charge is 2.18. The molecule has 0 atom stereocenters. The normalized spacial score (nSPS) is 11.1. The van der Waals surface area contributed by atoms with Crippen LogP contribution in [0, 0.1) is 5.82 Å². The summed E-state index contributed by atoms with van der Waals surface area (Å²) in [5, 5.41) is 10.0. The van der Waals surface area contributed by atoms with E-state index >= 15 is 4.39 Å². The lowest BCUT2D eigenvalue weighted by molar-refractivity contribution is -0.136. The Balaban J connectivity index is 1.75. The number of hydrogen-bond donors (Lipinski definition) is 2.